The predicted octanol–water partition coefficient (Wildman–Crippen LogP) is 3.64. The third-order valence-electron chi connectivity index (χ3n) is 5.19. The number of hydrogen-bond acceptors (Lipinski definition) is 3. The first kappa shape index (κ1) is 17.2. The molecule has 0 atom stereocenters. The van der Waals surface area contributed by atoms with Crippen molar-refractivity contribution in [2.24, 2.45) is 0 Å². The molecule has 2 aromatic carbocycles. The van der Waals surface area contributed by atoms with Crippen LogP contribution in [0.2, 0.25) is 5.02 Å². The van der Waals surface area contributed by atoms with Crippen molar-refractivity contribution in [2.75, 3.05) is 36.5 Å². The summed E-state index contributed by atoms with van der Waals surface area (Å²) >= 11 is 6.18. The zero-order valence-electron chi connectivity index (χ0n) is 15.2. The molecule has 0 radical (unpaired) electrons. The zero-order valence-corrected chi connectivity index (χ0v) is 15.9. The second-order valence-corrected chi connectivity index (χ2v) is 7.40. The number of morpholine rings is 1. The first-order valence-electron chi connectivity index (χ1n) is 9.30. The fourth-order valence-electron chi connectivity index (χ4n) is 3.79. The number of nitrogens with one attached hydrogen (secondary N) is 2. The van der Waals surface area contributed by atoms with Gasteiger partial charge in [0.05, 0.1) is 18.8 Å². The molecule has 2 aliphatic rings. The van der Waals surface area contributed by atoms with Crippen LogP contribution in [0.4, 0.5) is 11.5 Å². The molecule has 5 nitrogen and oxygen atoms in total. The summed E-state index contributed by atoms with van der Waals surface area (Å²) in [7, 11) is 0. The molecular formula is C22H19ClN3O2+. The first-order valence-corrected chi connectivity index (χ1v) is 9.67. The van der Waals surface area contributed by atoms with Gasteiger partial charge >= 0.3 is 0 Å². The molecule has 140 valence electrons. The van der Waals surface area contributed by atoms with E-state index in [1.54, 1.807) is 6.07 Å². The molecule has 2 aliphatic heterocycles. The van der Waals surface area contributed by atoms with E-state index in [0.29, 0.717) is 23.8 Å². The number of para-hydroxylation sites is 1. The minimum atomic E-state index is -0.113. The highest BCUT2D eigenvalue weighted by Gasteiger charge is 2.28. The lowest BCUT2D eigenvalue weighted by Crippen LogP contribution is -2.40. The number of rotatable bonds is 2. The summed E-state index contributed by atoms with van der Waals surface area (Å²) in [6.07, 6.45) is 1.95. The lowest BCUT2D eigenvalue weighted by Gasteiger charge is -2.23. The Morgan fingerprint density at radius 2 is 1.93 bits per heavy atom. The topological polar surface area (TPSA) is 55.7 Å². The fourth-order valence-corrected chi connectivity index (χ4v) is 3.96. The molecule has 6 heteroatoms. The number of halogens is 1. The van der Waals surface area contributed by atoms with E-state index in [9.17, 15) is 4.79 Å². The molecule has 5 rings (SSSR count). The Labute approximate surface area is 167 Å². The molecule has 3 heterocycles. The SMILES string of the molecule is O=C1Nc2ccc(Cl)cc2/C1=C\c1cc2ccccc2[nH+]c1N1CCOCC1. The van der Waals surface area contributed by atoms with Crippen molar-refractivity contribution in [1.82, 2.24) is 0 Å². The van der Waals surface area contributed by atoms with Gasteiger partial charge in [-0.25, -0.2) is 4.98 Å². The van der Waals surface area contributed by atoms with Crippen LogP contribution >= 0.6 is 11.6 Å². The van der Waals surface area contributed by atoms with Gasteiger partial charge in [-0.05, 0) is 36.4 Å². The summed E-state index contributed by atoms with van der Waals surface area (Å²) in [6, 6.07) is 15.7. The van der Waals surface area contributed by atoms with Gasteiger partial charge in [0.1, 0.15) is 18.6 Å². The normalized spacial score (nSPS) is 17.8. The van der Waals surface area contributed by atoms with E-state index in [1.807, 2.05) is 30.3 Å². The van der Waals surface area contributed by atoms with Crippen molar-refractivity contribution in [2.45, 2.75) is 0 Å². The number of hydrogen-bond donors (Lipinski definition) is 1. The maximum absolute atomic E-state index is 12.6. The average molecular weight is 393 g/mol. The monoisotopic (exact) mass is 392 g/mol. The number of nitrogens with zero attached hydrogens (tertiary/aromatic N) is 1. The van der Waals surface area contributed by atoms with E-state index in [-0.39, 0.29) is 5.91 Å². The van der Waals surface area contributed by atoms with Gasteiger partial charge < -0.3 is 10.1 Å². The van der Waals surface area contributed by atoms with Crippen molar-refractivity contribution in [3.8, 4) is 0 Å². The number of fused-ring (bicyclic) bond motifs is 2. The minimum absolute atomic E-state index is 0.113. The number of aromatic amines is 1. The Kier molecular flexibility index (Phi) is 4.26. The molecule has 1 aromatic heterocycles. The van der Waals surface area contributed by atoms with Gasteiger partial charge in [-0.15, -0.1) is 0 Å². The maximum atomic E-state index is 12.6. The van der Waals surface area contributed by atoms with Crippen LogP contribution in [0.3, 0.4) is 0 Å². The second-order valence-electron chi connectivity index (χ2n) is 6.96. The molecule has 3 aromatic rings. The van der Waals surface area contributed by atoms with Crippen molar-refractivity contribution in [3.63, 3.8) is 0 Å². The van der Waals surface area contributed by atoms with Crippen LogP contribution in [0, 0.1) is 0 Å². The summed E-state index contributed by atoms with van der Waals surface area (Å²) in [5.41, 5.74) is 4.27. The number of ether oxygens (including phenoxy) is 1. The Bertz CT molecular complexity index is 1120. The van der Waals surface area contributed by atoms with Crippen LogP contribution in [0.5, 0.6) is 0 Å². The Balaban J connectivity index is 1.69. The Morgan fingerprint density at radius 3 is 2.79 bits per heavy atom. The summed E-state index contributed by atoms with van der Waals surface area (Å²) in [5.74, 6) is 0.885. The molecule has 0 saturated carbocycles. The number of amides is 1. The quantitative estimate of drug-likeness (QED) is 0.677. The van der Waals surface area contributed by atoms with Crippen molar-refractivity contribution < 1.29 is 14.5 Å². The third-order valence-corrected chi connectivity index (χ3v) is 5.43. The third kappa shape index (κ3) is 3.03. The standard InChI is InChI=1S/C22H18ClN3O2/c23-16-5-6-20-17(13-16)18(22(27)25-20)12-15-11-14-3-1-2-4-19(14)24-21(15)26-7-9-28-10-8-26/h1-6,11-13H,7-10H2,(H,25,27)/p+1/b18-12+. The minimum Gasteiger partial charge on any atom is -0.373 e. The summed E-state index contributed by atoms with van der Waals surface area (Å²) in [6.45, 7) is 2.99. The lowest BCUT2D eigenvalue weighted by atomic mass is 10.0. The number of benzene rings is 2. The molecule has 0 bridgehead atoms. The maximum Gasteiger partial charge on any atom is 0.282 e. The molecule has 0 spiro atoms. The highest BCUT2D eigenvalue weighted by molar-refractivity contribution is 6.37. The highest BCUT2D eigenvalue weighted by Crippen LogP contribution is 2.36. The number of aromatic nitrogens is 1. The van der Waals surface area contributed by atoms with Crippen LogP contribution in [0.1, 0.15) is 11.1 Å². The molecule has 0 unspecified atom stereocenters. The van der Waals surface area contributed by atoms with Crippen LogP contribution < -0.4 is 15.2 Å². The number of pyridine rings is 1. The first-order chi connectivity index (χ1) is 13.7. The molecule has 2 N–H and O–H groups in total. The van der Waals surface area contributed by atoms with E-state index >= 15 is 0 Å². The highest BCUT2D eigenvalue weighted by atomic mass is 35.5. The van der Waals surface area contributed by atoms with Gasteiger partial charge in [0.25, 0.3) is 11.7 Å². The van der Waals surface area contributed by atoms with E-state index in [0.717, 1.165) is 46.6 Å². The summed E-state index contributed by atoms with van der Waals surface area (Å²) in [5, 5.41) is 4.63. The molecule has 28 heavy (non-hydrogen) atoms. The Morgan fingerprint density at radius 1 is 1.11 bits per heavy atom. The molecule has 0 aliphatic carbocycles. The smallest absolute Gasteiger partial charge is 0.282 e. The predicted molar refractivity (Wildman–Crippen MR) is 111 cm³/mol. The number of carbonyl (C=O) groups excluding carboxylic acids is 1. The molecule has 1 amide bonds. The van der Waals surface area contributed by atoms with Crippen molar-refractivity contribution in [3.05, 3.63) is 64.7 Å². The fraction of sp³-hybridized carbons (Fsp3) is 0.182. The van der Waals surface area contributed by atoms with Gasteiger partial charge in [-0.2, -0.15) is 0 Å². The van der Waals surface area contributed by atoms with Crippen LogP contribution in [-0.2, 0) is 9.53 Å². The van der Waals surface area contributed by atoms with E-state index in [1.165, 1.54) is 0 Å². The molecular weight excluding hydrogens is 374 g/mol. The van der Waals surface area contributed by atoms with Gasteiger partial charge in [-0.3, -0.25) is 9.69 Å². The van der Waals surface area contributed by atoms with Crippen LogP contribution in [0.15, 0.2) is 48.5 Å². The van der Waals surface area contributed by atoms with E-state index in [2.05, 4.69) is 33.4 Å². The lowest BCUT2D eigenvalue weighted by molar-refractivity contribution is -0.331. The average Bonchev–Trinajstić information content (AvgIpc) is 3.03. The number of H-pyrrole nitrogens is 1. The van der Waals surface area contributed by atoms with E-state index in [4.69, 9.17) is 16.3 Å². The zero-order chi connectivity index (χ0) is 19.1. The Hall–Kier alpha value is -2.89. The van der Waals surface area contributed by atoms with Crippen molar-refractivity contribution in [1.29, 1.82) is 0 Å². The van der Waals surface area contributed by atoms with Crippen molar-refractivity contribution >= 4 is 51.6 Å². The number of carbonyl (C=O) groups is 1. The van der Waals surface area contributed by atoms with Crippen LogP contribution in [0.25, 0.3) is 22.6 Å². The van der Waals surface area contributed by atoms with E-state index < -0.39 is 0 Å². The van der Waals surface area contributed by atoms with Gasteiger partial charge in [0, 0.05) is 27.2 Å². The second kappa shape index (κ2) is 6.93. The van der Waals surface area contributed by atoms with Gasteiger partial charge in [0.2, 0.25) is 0 Å². The van der Waals surface area contributed by atoms with Crippen LogP contribution in [-0.4, -0.2) is 32.2 Å². The summed E-state index contributed by atoms with van der Waals surface area (Å²) < 4.78 is 5.51. The molecule has 1 saturated heterocycles. The van der Waals surface area contributed by atoms with Gasteiger partial charge in [0.15, 0.2) is 0 Å². The molecule has 1 fully saturated rings. The number of anilines is 2. The summed E-state index contributed by atoms with van der Waals surface area (Å²) in [4.78, 5) is 18.5. The largest absolute Gasteiger partial charge is 0.373 e. The van der Waals surface area contributed by atoms with Gasteiger partial charge in [-0.1, -0.05) is 29.8 Å².